The zero-order valence-electron chi connectivity index (χ0n) is 25.1. The van der Waals surface area contributed by atoms with E-state index in [1.807, 2.05) is 0 Å². The van der Waals surface area contributed by atoms with Gasteiger partial charge in [-0.2, -0.15) is 43.9 Å². The van der Waals surface area contributed by atoms with Gasteiger partial charge in [0.05, 0.1) is 32.6 Å². The zero-order valence-corrected chi connectivity index (χ0v) is 28.3. The first-order valence-corrected chi connectivity index (χ1v) is 19.4. The Morgan fingerprint density at radius 3 is 1.88 bits per heavy atom. The predicted molar refractivity (Wildman–Crippen MR) is 179 cm³/mol. The van der Waals surface area contributed by atoms with Gasteiger partial charge in [0.2, 0.25) is 5.91 Å². The Labute approximate surface area is 284 Å². The molecular weight excluding hydrogens is 743 g/mol. The lowest BCUT2D eigenvalue weighted by Crippen LogP contribution is -2.23. The van der Waals surface area contributed by atoms with E-state index in [1.165, 1.54) is 36.4 Å². The molecule has 1 amide bonds. The van der Waals surface area contributed by atoms with Crippen LogP contribution in [0, 0.1) is 0 Å². The van der Waals surface area contributed by atoms with E-state index in [-0.39, 0.29) is 49.5 Å². The van der Waals surface area contributed by atoms with E-state index in [0.29, 0.717) is 0 Å². The minimum Gasteiger partial charge on any atom is -0.326 e. The number of allylic oxidation sites excluding steroid dienone is 1. The molecule has 1 aliphatic carbocycles. The number of amides is 1. The first-order valence-electron chi connectivity index (χ1n) is 13.6. The summed E-state index contributed by atoms with van der Waals surface area (Å²) in [4.78, 5) is 9.35. The van der Waals surface area contributed by atoms with E-state index < -0.39 is 73.2 Å². The van der Waals surface area contributed by atoms with Crippen molar-refractivity contribution in [2.24, 2.45) is 15.3 Å². The van der Waals surface area contributed by atoms with Gasteiger partial charge in [0.1, 0.15) is 9.80 Å². The van der Waals surface area contributed by atoms with Crippen molar-refractivity contribution in [3.05, 3.63) is 82.8 Å². The molecule has 4 aromatic carbocycles. The number of azo groups is 1. The number of fused-ring (bicyclic) bond motifs is 2. The van der Waals surface area contributed by atoms with Crippen molar-refractivity contribution in [3.8, 4) is 0 Å². The zero-order chi connectivity index (χ0) is 36.8. The van der Waals surface area contributed by atoms with Crippen molar-refractivity contribution in [1.29, 1.82) is 0 Å². The number of nitrogens with zero attached hydrogens (tertiary/aromatic N) is 3. The second-order valence-corrected chi connectivity index (χ2v) is 16.1. The molecule has 0 heterocycles. The number of hydrazone groups is 1. The summed E-state index contributed by atoms with van der Waals surface area (Å²) in [7, 11) is -19.2. The van der Waals surface area contributed by atoms with Gasteiger partial charge in [-0.1, -0.05) is 6.07 Å². The Bertz CT molecular complexity index is 2640. The van der Waals surface area contributed by atoms with Gasteiger partial charge in [-0.05, 0) is 72.3 Å². The number of anilines is 2. The van der Waals surface area contributed by atoms with Gasteiger partial charge in [-0.3, -0.25) is 28.4 Å². The normalized spacial score (nSPS) is 14.8. The van der Waals surface area contributed by atoms with Crippen LogP contribution in [0.4, 0.5) is 22.7 Å². The molecular formula is C28H23N5O13S4. The van der Waals surface area contributed by atoms with Crippen LogP contribution in [0.25, 0.3) is 16.8 Å². The van der Waals surface area contributed by atoms with Crippen molar-refractivity contribution < 1.29 is 56.7 Å². The first-order chi connectivity index (χ1) is 23.1. The van der Waals surface area contributed by atoms with E-state index in [4.69, 9.17) is 0 Å². The third kappa shape index (κ3) is 7.92. The van der Waals surface area contributed by atoms with Crippen LogP contribution < -0.4 is 10.7 Å². The fraction of sp³-hybridized carbons (Fsp3) is 0.0714. The van der Waals surface area contributed by atoms with Crippen molar-refractivity contribution in [2.45, 2.75) is 28.0 Å². The molecule has 22 heteroatoms. The lowest BCUT2D eigenvalue weighted by atomic mass is 9.94. The molecule has 262 valence electrons. The molecule has 18 nitrogen and oxygen atoms in total. The molecule has 0 aromatic heterocycles. The van der Waals surface area contributed by atoms with Crippen LogP contribution in [0.1, 0.15) is 18.1 Å². The molecule has 1 aliphatic rings. The lowest BCUT2D eigenvalue weighted by Gasteiger charge is -2.22. The van der Waals surface area contributed by atoms with Gasteiger partial charge in [0, 0.05) is 35.4 Å². The van der Waals surface area contributed by atoms with Crippen LogP contribution in [0.2, 0.25) is 0 Å². The summed E-state index contributed by atoms with van der Waals surface area (Å²) in [6.45, 7) is 1.16. The SMILES string of the molecule is CC(=O)Nc1ccc(S(=O)(=O)O)c2c1C/C(=N\Nc1ccc(/N=N/c3ccc(S(=O)(=O)O)cc3)c3ccc(S(=O)(=O)O)cc13)C(S(=O)(=O)O)=C2. The van der Waals surface area contributed by atoms with Crippen LogP contribution in [-0.4, -0.2) is 63.5 Å². The summed E-state index contributed by atoms with van der Waals surface area (Å²) in [5.74, 6) is -0.568. The fourth-order valence-electron chi connectivity index (χ4n) is 4.89. The van der Waals surface area contributed by atoms with Gasteiger partial charge in [-0.15, -0.1) is 5.11 Å². The molecule has 50 heavy (non-hydrogen) atoms. The minimum atomic E-state index is -5.10. The summed E-state index contributed by atoms with van der Waals surface area (Å²) >= 11 is 0. The van der Waals surface area contributed by atoms with Crippen LogP contribution in [0.15, 0.2) is 102 Å². The molecule has 6 N–H and O–H groups in total. The van der Waals surface area contributed by atoms with Crippen LogP contribution in [0.3, 0.4) is 0 Å². The average Bonchev–Trinajstić information content (AvgIpc) is 3.00. The van der Waals surface area contributed by atoms with Crippen molar-refractivity contribution >= 4 is 91.7 Å². The summed E-state index contributed by atoms with van der Waals surface area (Å²) < 4.78 is 134. The number of hydrogen-bond donors (Lipinski definition) is 6. The van der Waals surface area contributed by atoms with Crippen molar-refractivity contribution in [2.75, 3.05) is 10.7 Å². The standard InChI is InChI=1S/C28H23N5O13S4/c1-15(34)29-23-10-11-27(49(41,42)43)22-14-28(50(44,45)46)26(13-21(22)23)33-32-25-9-8-24(19-7-6-18(12-20(19)25)48(38,39)40)31-30-16-2-4-17(5-3-16)47(35,36)37/h2-12,14,32H,13H2,1H3,(H,29,34)(H,35,36,37)(H,38,39,40)(H,41,42,43)(H,44,45,46)/b31-30+,33-26+. The molecule has 4 aromatic rings. The quantitative estimate of drug-likeness (QED) is 0.0791. The molecule has 0 saturated heterocycles. The average molecular weight is 766 g/mol. The van der Waals surface area contributed by atoms with Gasteiger partial charge in [-0.25, -0.2) is 0 Å². The number of rotatable bonds is 9. The Morgan fingerprint density at radius 2 is 1.30 bits per heavy atom. The fourth-order valence-corrected chi connectivity index (χ4v) is 7.26. The van der Waals surface area contributed by atoms with E-state index >= 15 is 0 Å². The second-order valence-electron chi connectivity index (χ2n) is 10.5. The van der Waals surface area contributed by atoms with Gasteiger partial charge < -0.3 is 5.32 Å². The molecule has 0 saturated carbocycles. The monoisotopic (exact) mass is 765 g/mol. The molecule has 0 spiro atoms. The topological polar surface area (TPSA) is 296 Å². The molecule has 0 radical (unpaired) electrons. The van der Waals surface area contributed by atoms with Gasteiger partial charge >= 0.3 is 0 Å². The summed E-state index contributed by atoms with van der Waals surface area (Å²) in [6, 6.07) is 12.9. The minimum absolute atomic E-state index is 0.0159. The maximum absolute atomic E-state index is 12.4. The summed E-state index contributed by atoms with van der Waals surface area (Å²) in [5, 5.41) is 15.0. The molecule has 0 unspecified atom stereocenters. The number of carbonyl (C=O) groups excluding carboxylic acids is 1. The molecule has 0 atom stereocenters. The van der Waals surface area contributed by atoms with Crippen LogP contribution in [0.5, 0.6) is 0 Å². The first kappa shape index (κ1) is 36.3. The maximum atomic E-state index is 12.4. The number of carbonyl (C=O) groups is 1. The van der Waals surface area contributed by atoms with Crippen molar-refractivity contribution in [1.82, 2.24) is 0 Å². The highest BCUT2D eigenvalue weighted by atomic mass is 32.2. The summed E-state index contributed by atoms with van der Waals surface area (Å²) in [5.41, 5.74) is 2.24. The van der Waals surface area contributed by atoms with Crippen molar-refractivity contribution in [3.63, 3.8) is 0 Å². The smallest absolute Gasteiger partial charge is 0.296 e. The Balaban J connectivity index is 1.63. The highest BCUT2D eigenvalue weighted by Gasteiger charge is 2.31. The van der Waals surface area contributed by atoms with Gasteiger partial charge in [0.25, 0.3) is 40.5 Å². The second kappa shape index (κ2) is 13.1. The molecule has 5 rings (SSSR count). The van der Waals surface area contributed by atoms with Crippen LogP contribution in [-0.2, 0) is 51.7 Å². The number of nitrogens with one attached hydrogen (secondary N) is 2. The molecule has 0 fully saturated rings. The van der Waals surface area contributed by atoms with E-state index in [9.17, 15) is 56.7 Å². The Kier molecular flexibility index (Phi) is 9.50. The largest absolute Gasteiger partial charge is 0.326 e. The third-order valence-corrected chi connectivity index (χ3v) is 10.6. The Hall–Kier alpha value is -4.94. The van der Waals surface area contributed by atoms with E-state index in [1.54, 1.807) is 0 Å². The van der Waals surface area contributed by atoms with E-state index in [2.05, 4.69) is 26.1 Å². The number of benzene rings is 4. The van der Waals surface area contributed by atoms with E-state index in [0.717, 1.165) is 43.3 Å². The van der Waals surface area contributed by atoms with Gasteiger partial charge in [0.15, 0.2) is 0 Å². The maximum Gasteiger partial charge on any atom is 0.296 e. The number of hydrogen-bond acceptors (Lipinski definition) is 13. The highest BCUT2D eigenvalue weighted by Crippen LogP contribution is 2.37. The summed E-state index contributed by atoms with van der Waals surface area (Å²) in [6.07, 6.45) is 0.243. The highest BCUT2D eigenvalue weighted by molar-refractivity contribution is 7.91. The lowest BCUT2D eigenvalue weighted by molar-refractivity contribution is -0.114. The Morgan fingerprint density at radius 1 is 0.680 bits per heavy atom. The molecule has 0 aliphatic heterocycles. The third-order valence-electron chi connectivity index (χ3n) is 7.07. The predicted octanol–water partition coefficient (Wildman–Crippen LogP) is 4.21. The van der Waals surface area contributed by atoms with Crippen LogP contribution >= 0.6 is 0 Å². The molecule has 0 bridgehead atoms.